The Morgan fingerprint density at radius 2 is 1.84 bits per heavy atom. The minimum absolute atomic E-state index is 0. The first-order valence-electron chi connectivity index (χ1n) is 11.9. The molecule has 182 valence electrons. The summed E-state index contributed by atoms with van der Waals surface area (Å²) >= 11 is 0. The van der Waals surface area contributed by atoms with Gasteiger partial charge in [-0.05, 0) is 63.8 Å². The molecule has 2 N–H and O–H groups in total. The van der Waals surface area contributed by atoms with E-state index in [4.69, 9.17) is 9.73 Å². The quantitative estimate of drug-likeness (QED) is 0.289. The SMILES string of the molecule is CCNC(=NCC(c1ccc(F)cc1)N1CCOCC1)NCC1CCCN(C(C)C)C1.I. The molecule has 0 aromatic heterocycles. The van der Waals surface area contributed by atoms with Crippen LogP contribution in [0.5, 0.6) is 0 Å². The fourth-order valence-corrected chi connectivity index (χ4v) is 4.50. The van der Waals surface area contributed by atoms with Gasteiger partial charge in [-0.3, -0.25) is 9.89 Å². The van der Waals surface area contributed by atoms with Crippen molar-refractivity contribution < 1.29 is 9.13 Å². The van der Waals surface area contributed by atoms with E-state index in [0.717, 1.165) is 57.5 Å². The predicted octanol–water partition coefficient (Wildman–Crippen LogP) is 3.49. The van der Waals surface area contributed by atoms with Crippen LogP contribution in [0.1, 0.15) is 45.2 Å². The van der Waals surface area contributed by atoms with Crippen molar-refractivity contribution in [2.75, 3.05) is 59.0 Å². The molecule has 2 fully saturated rings. The molecule has 8 heteroatoms. The molecule has 2 unspecified atom stereocenters. The van der Waals surface area contributed by atoms with Crippen LogP contribution in [0.2, 0.25) is 0 Å². The fourth-order valence-electron chi connectivity index (χ4n) is 4.50. The van der Waals surface area contributed by atoms with Gasteiger partial charge in [0.1, 0.15) is 5.82 Å². The van der Waals surface area contributed by atoms with E-state index in [9.17, 15) is 4.39 Å². The smallest absolute Gasteiger partial charge is 0.191 e. The van der Waals surface area contributed by atoms with Crippen LogP contribution in [0.4, 0.5) is 4.39 Å². The highest BCUT2D eigenvalue weighted by atomic mass is 127. The van der Waals surface area contributed by atoms with Crippen molar-refractivity contribution >= 4 is 29.9 Å². The molecule has 6 nitrogen and oxygen atoms in total. The van der Waals surface area contributed by atoms with E-state index in [2.05, 4.69) is 41.2 Å². The van der Waals surface area contributed by atoms with Gasteiger partial charge in [0.05, 0.1) is 25.8 Å². The first-order chi connectivity index (χ1) is 15.1. The molecule has 2 aliphatic heterocycles. The van der Waals surface area contributed by atoms with Crippen LogP contribution in [-0.4, -0.2) is 80.8 Å². The first-order valence-corrected chi connectivity index (χ1v) is 11.9. The summed E-state index contributed by atoms with van der Waals surface area (Å²) in [5.41, 5.74) is 1.10. The van der Waals surface area contributed by atoms with E-state index < -0.39 is 0 Å². The zero-order valence-electron chi connectivity index (χ0n) is 19.9. The Morgan fingerprint density at radius 3 is 2.50 bits per heavy atom. The molecule has 0 aliphatic carbocycles. The number of aliphatic imine (C=N–C) groups is 1. The number of hydrogen-bond donors (Lipinski definition) is 2. The number of hydrogen-bond acceptors (Lipinski definition) is 4. The second-order valence-corrected chi connectivity index (χ2v) is 8.91. The maximum absolute atomic E-state index is 13.5. The second kappa shape index (κ2) is 14.3. The summed E-state index contributed by atoms with van der Waals surface area (Å²) in [4.78, 5) is 9.90. The summed E-state index contributed by atoms with van der Waals surface area (Å²) in [5, 5.41) is 6.97. The zero-order chi connectivity index (χ0) is 22.1. The molecule has 0 saturated carbocycles. The number of ether oxygens (including phenoxy) is 1. The van der Waals surface area contributed by atoms with Crippen LogP contribution in [0.3, 0.4) is 0 Å². The number of nitrogens with zero attached hydrogens (tertiary/aromatic N) is 3. The number of nitrogens with one attached hydrogen (secondary N) is 2. The van der Waals surface area contributed by atoms with E-state index in [0.29, 0.717) is 18.5 Å². The van der Waals surface area contributed by atoms with Gasteiger partial charge in [-0.1, -0.05) is 12.1 Å². The van der Waals surface area contributed by atoms with Gasteiger partial charge in [0.15, 0.2) is 5.96 Å². The Balaban J connectivity index is 0.00000363. The Bertz CT molecular complexity index is 681. The number of morpholine rings is 1. The maximum Gasteiger partial charge on any atom is 0.191 e. The van der Waals surface area contributed by atoms with E-state index in [-0.39, 0.29) is 35.8 Å². The minimum atomic E-state index is -0.203. The summed E-state index contributed by atoms with van der Waals surface area (Å²) in [5.74, 6) is 1.31. The number of guanidine groups is 1. The van der Waals surface area contributed by atoms with Gasteiger partial charge < -0.3 is 20.3 Å². The third kappa shape index (κ3) is 8.43. The van der Waals surface area contributed by atoms with Gasteiger partial charge in [-0.25, -0.2) is 4.39 Å². The zero-order valence-corrected chi connectivity index (χ0v) is 22.2. The molecule has 3 rings (SSSR count). The lowest BCUT2D eigenvalue weighted by Crippen LogP contribution is -2.46. The highest BCUT2D eigenvalue weighted by Gasteiger charge is 2.24. The molecular formula is C24H41FIN5O. The van der Waals surface area contributed by atoms with Crippen LogP contribution in [-0.2, 0) is 4.74 Å². The van der Waals surface area contributed by atoms with E-state index in [1.807, 2.05) is 12.1 Å². The molecule has 0 bridgehead atoms. The van der Waals surface area contributed by atoms with Crippen LogP contribution in [0.25, 0.3) is 0 Å². The minimum Gasteiger partial charge on any atom is -0.379 e. The molecule has 1 aromatic rings. The highest BCUT2D eigenvalue weighted by Crippen LogP contribution is 2.23. The van der Waals surface area contributed by atoms with Crippen molar-refractivity contribution in [3.63, 3.8) is 0 Å². The molecule has 0 spiro atoms. The molecule has 2 atom stereocenters. The molecule has 0 amide bonds. The third-order valence-electron chi connectivity index (χ3n) is 6.35. The molecule has 2 saturated heterocycles. The van der Waals surface area contributed by atoms with Crippen molar-refractivity contribution in [1.82, 2.24) is 20.4 Å². The van der Waals surface area contributed by atoms with E-state index in [1.54, 1.807) is 12.1 Å². The largest absolute Gasteiger partial charge is 0.379 e. The monoisotopic (exact) mass is 561 g/mol. The Hall–Kier alpha value is -0.970. The normalized spacial score (nSPS) is 21.8. The topological polar surface area (TPSA) is 52.1 Å². The number of benzene rings is 1. The van der Waals surface area contributed by atoms with Crippen molar-refractivity contribution in [1.29, 1.82) is 0 Å². The van der Waals surface area contributed by atoms with Crippen molar-refractivity contribution in [2.45, 2.75) is 45.7 Å². The Morgan fingerprint density at radius 1 is 1.12 bits per heavy atom. The van der Waals surface area contributed by atoms with Crippen molar-refractivity contribution in [2.24, 2.45) is 10.9 Å². The van der Waals surface area contributed by atoms with Crippen LogP contribution in [0.15, 0.2) is 29.3 Å². The van der Waals surface area contributed by atoms with Crippen LogP contribution in [0, 0.1) is 11.7 Å². The lowest BCUT2D eigenvalue weighted by atomic mass is 9.97. The van der Waals surface area contributed by atoms with Crippen LogP contribution < -0.4 is 10.6 Å². The third-order valence-corrected chi connectivity index (χ3v) is 6.35. The molecule has 1 aromatic carbocycles. The number of rotatable bonds is 8. The van der Waals surface area contributed by atoms with Gasteiger partial charge >= 0.3 is 0 Å². The van der Waals surface area contributed by atoms with Gasteiger partial charge in [-0.15, -0.1) is 24.0 Å². The van der Waals surface area contributed by atoms with Gasteiger partial charge in [0.2, 0.25) is 0 Å². The lowest BCUT2D eigenvalue weighted by Gasteiger charge is -2.36. The maximum atomic E-state index is 13.5. The van der Waals surface area contributed by atoms with Crippen molar-refractivity contribution in [3.8, 4) is 0 Å². The molecule has 2 aliphatic rings. The molecule has 2 heterocycles. The summed E-state index contributed by atoms with van der Waals surface area (Å²) < 4.78 is 19.0. The molecular weight excluding hydrogens is 520 g/mol. The summed E-state index contributed by atoms with van der Waals surface area (Å²) in [6, 6.07) is 7.57. The number of piperidine rings is 1. The molecule has 32 heavy (non-hydrogen) atoms. The van der Waals surface area contributed by atoms with Crippen LogP contribution >= 0.6 is 24.0 Å². The Kier molecular flexibility index (Phi) is 12.2. The standard InChI is InChI=1S/C24H40FN5O.HI/c1-4-26-24(27-16-20-6-5-11-30(18-20)19(2)3)28-17-23(29-12-14-31-15-13-29)21-7-9-22(25)10-8-21;/h7-10,19-20,23H,4-6,11-18H2,1-3H3,(H2,26,27,28);1H. The van der Waals surface area contributed by atoms with Gasteiger partial charge in [0, 0.05) is 38.8 Å². The number of likely N-dealkylation sites (tertiary alicyclic amines) is 1. The summed E-state index contributed by atoms with van der Waals surface area (Å²) in [7, 11) is 0. The van der Waals surface area contributed by atoms with Gasteiger partial charge in [-0.2, -0.15) is 0 Å². The first kappa shape index (κ1) is 27.3. The molecule has 0 radical (unpaired) electrons. The summed E-state index contributed by atoms with van der Waals surface area (Å²) in [6.45, 7) is 14.6. The average Bonchev–Trinajstić information content (AvgIpc) is 2.79. The second-order valence-electron chi connectivity index (χ2n) is 8.91. The lowest BCUT2D eigenvalue weighted by molar-refractivity contribution is 0.0179. The van der Waals surface area contributed by atoms with E-state index >= 15 is 0 Å². The van der Waals surface area contributed by atoms with E-state index in [1.165, 1.54) is 19.4 Å². The fraction of sp³-hybridized carbons (Fsp3) is 0.708. The Labute approximate surface area is 210 Å². The predicted molar refractivity (Wildman–Crippen MR) is 140 cm³/mol. The highest BCUT2D eigenvalue weighted by molar-refractivity contribution is 14.0. The van der Waals surface area contributed by atoms with Crippen molar-refractivity contribution in [3.05, 3.63) is 35.6 Å². The summed E-state index contributed by atoms with van der Waals surface area (Å²) in [6.07, 6.45) is 2.53. The van der Waals surface area contributed by atoms with Gasteiger partial charge in [0.25, 0.3) is 0 Å². The average molecular weight is 562 g/mol. The number of halogens is 2.